The Morgan fingerprint density at radius 1 is 0.775 bits per heavy atom. The van der Waals surface area contributed by atoms with Crippen molar-refractivity contribution >= 4 is 38.9 Å². The fourth-order valence-corrected chi connectivity index (χ4v) is 5.06. The van der Waals surface area contributed by atoms with Gasteiger partial charge in [-0.05, 0) is 78.4 Å². The number of thiocarbonyl (C=S) groups is 1. The number of rotatable bonds is 11. The van der Waals surface area contributed by atoms with Crippen LogP contribution in [0.1, 0.15) is 15.9 Å². The van der Waals surface area contributed by atoms with Crippen LogP contribution >= 0.6 is 12.2 Å². The molecule has 4 aromatic rings. The van der Waals surface area contributed by atoms with E-state index in [0.717, 1.165) is 11.3 Å². The summed E-state index contributed by atoms with van der Waals surface area (Å²) in [6.07, 6.45) is 0. The third kappa shape index (κ3) is 8.12. The van der Waals surface area contributed by atoms with Gasteiger partial charge in [-0.1, -0.05) is 48.5 Å². The number of amides is 1. The summed E-state index contributed by atoms with van der Waals surface area (Å²) in [5.41, 5.74) is 1.83. The van der Waals surface area contributed by atoms with E-state index in [0.29, 0.717) is 30.2 Å². The van der Waals surface area contributed by atoms with E-state index in [1.807, 2.05) is 60.7 Å². The second-order valence-corrected chi connectivity index (χ2v) is 11.2. The molecule has 4 rings (SSSR count). The summed E-state index contributed by atoms with van der Waals surface area (Å²) in [7, 11) is -2.14. The summed E-state index contributed by atoms with van der Waals surface area (Å²) in [5.74, 6) is 0.992. The fraction of sp³-hybridized carbons (Fsp3) is 0.133. The second-order valence-electron chi connectivity index (χ2n) is 8.71. The predicted octanol–water partition coefficient (Wildman–Crippen LogP) is 5.09. The Hall–Kier alpha value is -4.25. The first-order valence-electron chi connectivity index (χ1n) is 12.4. The Kier molecular flexibility index (Phi) is 9.85. The lowest BCUT2D eigenvalue weighted by atomic mass is 10.2. The van der Waals surface area contributed by atoms with E-state index >= 15 is 0 Å². The van der Waals surface area contributed by atoms with Crippen LogP contribution in [0.3, 0.4) is 0 Å². The number of hydrogen-bond acceptors (Lipinski definition) is 6. The number of hydrogen-bond donors (Lipinski definition) is 2. The van der Waals surface area contributed by atoms with Gasteiger partial charge in [0, 0.05) is 24.8 Å². The summed E-state index contributed by atoms with van der Waals surface area (Å²) >= 11 is 5.26. The molecule has 0 unspecified atom stereocenters. The minimum atomic E-state index is -3.68. The highest BCUT2D eigenvalue weighted by atomic mass is 32.2. The minimum Gasteiger partial charge on any atom is -0.490 e. The van der Waals surface area contributed by atoms with E-state index in [1.165, 1.54) is 23.5 Å². The lowest BCUT2D eigenvalue weighted by molar-refractivity contribution is 0.0977. The quantitative estimate of drug-likeness (QED) is 0.190. The van der Waals surface area contributed by atoms with Crippen LogP contribution in [0.5, 0.6) is 11.5 Å². The molecule has 0 aromatic heterocycles. The Morgan fingerprint density at radius 3 is 1.93 bits per heavy atom. The zero-order valence-corrected chi connectivity index (χ0v) is 23.5. The highest BCUT2D eigenvalue weighted by Crippen LogP contribution is 2.19. The monoisotopic (exact) mass is 575 g/mol. The molecule has 40 heavy (non-hydrogen) atoms. The maximum atomic E-state index is 12.9. The number of benzene rings is 4. The van der Waals surface area contributed by atoms with E-state index in [1.54, 1.807) is 36.4 Å². The molecular weight excluding hydrogens is 546 g/mol. The minimum absolute atomic E-state index is 0.0835. The van der Waals surface area contributed by atoms with Crippen molar-refractivity contribution in [3.8, 4) is 11.5 Å². The van der Waals surface area contributed by atoms with Gasteiger partial charge in [-0.25, -0.2) is 8.42 Å². The molecule has 0 saturated carbocycles. The molecule has 0 spiro atoms. The Labute approximate surface area is 239 Å². The van der Waals surface area contributed by atoms with Gasteiger partial charge in [-0.2, -0.15) is 4.31 Å². The lowest BCUT2D eigenvalue weighted by Gasteiger charge is -2.17. The summed E-state index contributed by atoms with van der Waals surface area (Å²) in [6, 6.07) is 31.7. The Morgan fingerprint density at radius 2 is 1.32 bits per heavy atom. The summed E-state index contributed by atoms with van der Waals surface area (Å²) < 4.78 is 38.4. The van der Waals surface area contributed by atoms with Gasteiger partial charge in [0.05, 0.1) is 4.90 Å². The summed E-state index contributed by atoms with van der Waals surface area (Å²) in [5, 5.41) is 5.60. The van der Waals surface area contributed by atoms with Crippen molar-refractivity contribution < 1.29 is 22.7 Å². The molecule has 4 aromatic carbocycles. The van der Waals surface area contributed by atoms with Crippen LogP contribution in [0.2, 0.25) is 0 Å². The Bertz CT molecular complexity index is 1510. The number of carbonyl (C=O) groups is 1. The molecule has 0 saturated heterocycles. The number of para-hydroxylation sites is 1. The number of nitrogens with one attached hydrogen (secondary N) is 2. The van der Waals surface area contributed by atoms with Gasteiger partial charge in [0.25, 0.3) is 5.91 Å². The van der Waals surface area contributed by atoms with Crippen LogP contribution in [0.25, 0.3) is 0 Å². The average molecular weight is 576 g/mol. The van der Waals surface area contributed by atoms with Crippen molar-refractivity contribution in [2.45, 2.75) is 11.4 Å². The molecule has 206 valence electrons. The first-order valence-corrected chi connectivity index (χ1v) is 14.3. The maximum Gasteiger partial charge on any atom is 0.257 e. The number of ether oxygens (including phenoxy) is 2. The Balaban J connectivity index is 1.24. The number of nitrogens with zero attached hydrogens (tertiary/aromatic N) is 1. The molecule has 10 heteroatoms. The smallest absolute Gasteiger partial charge is 0.257 e. The molecule has 0 fully saturated rings. The van der Waals surface area contributed by atoms with Gasteiger partial charge in [-0.15, -0.1) is 0 Å². The molecule has 0 heterocycles. The van der Waals surface area contributed by atoms with E-state index in [4.69, 9.17) is 21.7 Å². The highest BCUT2D eigenvalue weighted by molar-refractivity contribution is 7.89. The number of carbonyl (C=O) groups excluding carboxylic acids is 1. The number of anilines is 1. The van der Waals surface area contributed by atoms with Crippen molar-refractivity contribution in [1.82, 2.24) is 9.62 Å². The van der Waals surface area contributed by atoms with Crippen LogP contribution in [0, 0.1) is 0 Å². The van der Waals surface area contributed by atoms with E-state index in [9.17, 15) is 13.2 Å². The molecule has 0 atom stereocenters. The summed E-state index contributed by atoms with van der Waals surface area (Å²) in [4.78, 5) is 12.8. The van der Waals surface area contributed by atoms with Crippen molar-refractivity contribution in [1.29, 1.82) is 0 Å². The normalized spacial score (nSPS) is 11.1. The third-order valence-corrected chi connectivity index (χ3v) is 7.80. The van der Waals surface area contributed by atoms with Crippen molar-refractivity contribution in [3.63, 3.8) is 0 Å². The molecule has 0 radical (unpaired) electrons. The first-order chi connectivity index (χ1) is 19.3. The topological polar surface area (TPSA) is 97.0 Å². The van der Waals surface area contributed by atoms with Gasteiger partial charge in [0.2, 0.25) is 10.0 Å². The molecule has 0 bridgehead atoms. The van der Waals surface area contributed by atoms with Crippen molar-refractivity contribution in [2.24, 2.45) is 0 Å². The van der Waals surface area contributed by atoms with Gasteiger partial charge in [0.1, 0.15) is 24.7 Å². The van der Waals surface area contributed by atoms with Gasteiger partial charge in [0.15, 0.2) is 5.11 Å². The molecule has 0 aliphatic heterocycles. The SMILES string of the molecule is CN(Cc1ccccc1)S(=O)(=O)c1ccc(NC(=S)NC(=O)c2ccc(OCCOc3ccccc3)cc2)cc1. The molecule has 2 N–H and O–H groups in total. The highest BCUT2D eigenvalue weighted by Gasteiger charge is 2.21. The molecular formula is C30H29N3O5S2. The molecule has 0 aliphatic carbocycles. The second kappa shape index (κ2) is 13.7. The molecule has 1 amide bonds. The van der Waals surface area contributed by atoms with E-state index in [2.05, 4.69) is 10.6 Å². The van der Waals surface area contributed by atoms with Crippen LogP contribution in [0.15, 0.2) is 114 Å². The predicted molar refractivity (Wildman–Crippen MR) is 159 cm³/mol. The van der Waals surface area contributed by atoms with E-state index in [-0.39, 0.29) is 16.6 Å². The van der Waals surface area contributed by atoms with Gasteiger partial charge < -0.3 is 14.8 Å². The standard InChI is InChI=1S/C30H29N3O5S2/c1-33(22-23-8-4-2-5-9-23)40(35,36)28-18-14-25(15-19-28)31-30(39)32-29(34)24-12-16-27(17-13-24)38-21-20-37-26-10-6-3-7-11-26/h2-19H,20-22H2,1H3,(H2,31,32,34,39). The van der Waals surface area contributed by atoms with Crippen LogP contribution < -0.4 is 20.1 Å². The van der Waals surface area contributed by atoms with E-state index < -0.39 is 15.9 Å². The molecule has 8 nitrogen and oxygen atoms in total. The van der Waals surface area contributed by atoms with Crippen LogP contribution in [0.4, 0.5) is 5.69 Å². The zero-order valence-electron chi connectivity index (χ0n) is 21.8. The third-order valence-electron chi connectivity index (χ3n) is 5.78. The fourth-order valence-electron chi connectivity index (χ4n) is 3.69. The summed E-state index contributed by atoms with van der Waals surface area (Å²) in [6.45, 7) is 1.01. The average Bonchev–Trinajstić information content (AvgIpc) is 2.97. The van der Waals surface area contributed by atoms with Crippen molar-refractivity contribution in [2.75, 3.05) is 25.6 Å². The van der Waals surface area contributed by atoms with Crippen LogP contribution in [-0.4, -0.2) is 44.0 Å². The van der Waals surface area contributed by atoms with Crippen molar-refractivity contribution in [3.05, 3.63) is 120 Å². The largest absolute Gasteiger partial charge is 0.490 e. The van der Waals surface area contributed by atoms with Gasteiger partial charge in [-0.3, -0.25) is 10.1 Å². The maximum absolute atomic E-state index is 12.9. The first kappa shape index (κ1) is 28.8. The zero-order chi connectivity index (χ0) is 28.4. The van der Waals surface area contributed by atoms with Gasteiger partial charge >= 0.3 is 0 Å². The molecule has 0 aliphatic rings. The van der Waals surface area contributed by atoms with Crippen LogP contribution in [-0.2, 0) is 16.6 Å². The number of sulfonamides is 1. The lowest BCUT2D eigenvalue weighted by Crippen LogP contribution is -2.34.